The van der Waals surface area contributed by atoms with Crippen LogP contribution in [-0.2, 0) is 28.3 Å². The first-order valence-electron chi connectivity index (χ1n) is 10.1. The Morgan fingerprint density at radius 2 is 1.29 bits per heavy atom. The van der Waals surface area contributed by atoms with Crippen molar-refractivity contribution in [2.75, 3.05) is 4.72 Å². The lowest BCUT2D eigenvalue weighted by Crippen LogP contribution is -2.14. The van der Waals surface area contributed by atoms with Crippen LogP contribution in [-0.4, -0.2) is 19.5 Å². The van der Waals surface area contributed by atoms with E-state index in [1.165, 1.54) is 0 Å². The number of nitrogens with one attached hydrogen (secondary N) is 1. The molecule has 0 saturated heterocycles. The Bertz CT molecular complexity index is 1140. The Hall–Kier alpha value is -3.12. The van der Waals surface area contributed by atoms with Gasteiger partial charge in [-0.1, -0.05) is 57.2 Å². The van der Waals surface area contributed by atoms with Gasteiger partial charge < -0.3 is 5.11 Å². The summed E-state index contributed by atoms with van der Waals surface area (Å²) in [6, 6.07) is 21.1. The second-order valence-corrected chi connectivity index (χ2v) is 10.3. The molecule has 0 atom stereocenters. The largest absolute Gasteiger partial charge is 0.478 e. The number of rotatable bonds is 7. The molecule has 0 heterocycles. The fraction of sp³-hybridized carbons (Fsp3) is 0.240. The highest BCUT2D eigenvalue weighted by molar-refractivity contribution is 7.92. The van der Waals surface area contributed by atoms with Gasteiger partial charge in [-0.05, 0) is 71.3 Å². The van der Waals surface area contributed by atoms with Crippen LogP contribution in [0.15, 0.2) is 77.7 Å². The third-order valence-electron chi connectivity index (χ3n) is 5.14. The van der Waals surface area contributed by atoms with E-state index in [0.717, 1.165) is 29.5 Å². The second kappa shape index (κ2) is 8.94. The van der Waals surface area contributed by atoms with Crippen LogP contribution in [0, 0.1) is 0 Å². The van der Waals surface area contributed by atoms with Gasteiger partial charge in [0.25, 0.3) is 10.0 Å². The summed E-state index contributed by atoms with van der Waals surface area (Å²) in [6.07, 6.45) is 1.54. The van der Waals surface area contributed by atoms with E-state index in [9.17, 15) is 13.2 Å². The molecule has 0 aliphatic carbocycles. The van der Waals surface area contributed by atoms with Crippen molar-refractivity contribution in [3.05, 3.63) is 95.1 Å². The maximum absolute atomic E-state index is 12.7. The molecule has 3 aromatic carbocycles. The van der Waals surface area contributed by atoms with Gasteiger partial charge in [0.15, 0.2) is 0 Å². The minimum atomic E-state index is -3.65. The second-order valence-electron chi connectivity index (χ2n) is 8.58. The Morgan fingerprint density at radius 3 is 1.74 bits per heavy atom. The monoisotopic (exact) mass is 437 g/mol. The van der Waals surface area contributed by atoms with Crippen LogP contribution >= 0.6 is 0 Å². The van der Waals surface area contributed by atoms with Crippen molar-refractivity contribution in [3.8, 4) is 0 Å². The SMILES string of the molecule is CC(C)(C)c1ccc(S(=O)(=O)Nc2ccc(CCc3ccc(C(=O)O)cc3)cc2)cc1. The molecule has 162 valence electrons. The van der Waals surface area contributed by atoms with Gasteiger partial charge in [-0.25, -0.2) is 13.2 Å². The summed E-state index contributed by atoms with van der Waals surface area (Å²) in [5.74, 6) is -0.935. The summed E-state index contributed by atoms with van der Waals surface area (Å²) in [5.41, 5.74) is 3.94. The lowest BCUT2D eigenvalue weighted by atomic mass is 9.87. The van der Waals surface area contributed by atoms with Gasteiger partial charge in [-0.3, -0.25) is 4.72 Å². The van der Waals surface area contributed by atoms with E-state index < -0.39 is 16.0 Å². The zero-order valence-corrected chi connectivity index (χ0v) is 18.7. The summed E-state index contributed by atoms with van der Waals surface area (Å²) >= 11 is 0. The van der Waals surface area contributed by atoms with Gasteiger partial charge in [-0.2, -0.15) is 0 Å². The Labute approximate surface area is 183 Å². The van der Waals surface area contributed by atoms with Gasteiger partial charge in [-0.15, -0.1) is 0 Å². The number of anilines is 1. The fourth-order valence-electron chi connectivity index (χ4n) is 3.19. The number of aryl methyl sites for hydroxylation is 2. The summed E-state index contributed by atoms with van der Waals surface area (Å²) in [6.45, 7) is 6.25. The molecular formula is C25H27NO4S. The predicted molar refractivity (Wildman–Crippen MR) is 123 cm³/mol. The lowest BCUT2D eigenvalue weighted by molar-refractivity contribution is 0.0697. The van der Waals surface area contributed by atoms with Crippen LogP contribution in [0.25, 0.3) is 0 Å². The molecule has 0 aliphatic heterocycles. The van der Waals surface area contributed by atoms with Crippen LogP contribution in [0.4, 0.5) is 5.69 Å². The molecule has 0 aliphatic rings. The summed E-state index contributed by atoms with van der Waals surface area (Å²) < 4.78 is 28.0. The summed E-state index contributed by atoms with van der Waals surface area (Å²) in [5, 5.41) is 8.96. The first kappa shape index (κ1) is 22.6. The molecule has 0 amide bonds. The lowest BCUT2D eigenvalue weighted by Gasteiger charge is -2.19. The standard InChI is InChI=1S/C25H27NO4S/c1-25(2,3)21-12-16-23(17-13-21)31(29,30)26-22-14-8-19(9-15-22)5-4-18-6-10-20(11-7-18)24(27)28/h6-17,26H,4-5H2,1-3H3,(H,27,28). The first-order chi connectivity index (χ1) is 14.5. The smallest absolute Gasteiger partial charge is 0.335 e. The number of sulfonamides is 1. The zero-order chi connectivity index (χ0) is 22.6. The Morgan fingerprint density at radius 1 is 0.806 bits per heavy atom. The molecule has 3 rings (SSSR count). The summed E-state index contributed by atoms with van der Waals surface area (Å²) in [4.78, 5) is 11.1. The number of carbonyl (C=O) groups is 1. The number of hydrogen-bond donors (Lipinski definition) is 2. The van der Waals surface area contributed by atoms with Crippen molar-refractivity contribution in [3.63, 3.8) is 0 Å². The van der Waals surface area contributed by atoms with Crippen LogP contribution in [0.3, 0.4) is 0 Å². The highest BCUT2D eigenvalue weighted by atomic mass is 32.2. The molecule has 3 aromatic rings. The zero-order valence-electron chi connectivity index (χ0n) is 17.9. The topological polar surface area (TPSA) is 83.5 Å². The molecule has 5 nitrogen and oxygen atoms in total. The number of benzene rings is 3. The Balaban J connectivity index is 1.62. The predicted octanol–water partition coefficient (Wildman–Crippen LogP) is 5.27. The average molecular weight is 438 g/mol. The fourth-order valence-corrected chi connectivity index (χ4v) is 4.25. The molecule has 0 unspecified atom stereocenters. The molecule has 2 N–H and O–H groups in total. The highest BCUT2D eigenvalue weighted by Crippen LogP contribution is 2.24. The molecule has 0 bridgehead atoms. The van der Waals surface area contributed by atoms with Crippen molar-refractivity contribution >= 4 is 21.7 Å². The van der Waals surface area contributed by atoms with Crippen LogP contribution < -0.4 is 4.72 Å². The molecule has 31 heavy (non-hydrogen) atoms. The number of carboxylic acid groups (broad SMARTS) is 1. The normalized spacial score (nSPS) is 11.8. The van der Waals surface area contributed by atoms with Gasteiger partial charge in [0.2, 0.25) is 0 Å². The minimum absolute atomic E-state index is 0.0378. The third kappa shape index (κ3) is 5.95. The maximum atomic E-state index is 12.7. The van der Waals surface area contributed by atoms with E-state index in [0.29, 0.717) is 5.69 Å². The molecule has 0 fully saturated rings. The van der Waals surface area contributed by atoms with E-state index >= 15 is 0 Å². The van der Waals surface area contributed by atoms with Gasteiger partial charge in [0, 0.05) is 5.69 Å². The molecule has 0 aromatic heterocycles. The maximum Gasteiger partial charge on any atom is 0.335 e. The van der Waals surface area contributed by atoms with E-state index in [1.807, 2.05) is 36.4 Å². The van der Waals surface area contributed by atoms with Crippen LogP contribution in [0.2, 0.25) is 0 Å². The molecule has 0 spiro atoms. The van der Waals surface area contributed by atoms with Crippen molar-refractivity contribution in [1.29, 1.82) is 0 Å². The van der Waals surface area contributed by atoms with Crippen molar-refractivity contribution in [2.45, 2.75) is 43.9 Å². The minimum Gasteiger partial charge on any atom is -0.478 e. The van der Waals surface area contributed by atoms with E-state index in [-0.39, 0.29) is 15.9 Å². The van der Waals surface area contributed by atoms with E-state index in [4.69, 9.17) is 5.11 Å². The van der Waals surface area contributed by atoms with E-state index in [2.05, 4.69) is 25.5 Å². The summed E-state index contributed by atoms with van der Waals surface area (Å²) in [7, 11) is -3.65. The van der Waals surface area contributed by atoms with E-state index in [1.54, 1.807) is 36.4 Å². The van der Waals surface area contributed by atoms with Crippen molar-refractivity contribution < 1.29 is 18.3 Å². The first-order valence-corrected chi connectivity index (χ1v) is 11.6. The Kier molecular flexibility index (Phi) is 6.51. The van der Waals surface area contributed by atoms with Gasteiger partial charge in [0.1, 0.15) is 0 Å². The molecule has 0 radical (unpaired) electrons. The van der Waals surface area contributed by atoms with Crippen molar-refractivity contribution in [1.82, 2.24) is 0 Å². The quantitative estimate of drug-likeness (QED) is 0.528. The number of aromatic carboxylic acids is 1. The molecule has 0 saturated carbocycles. The third-order valence-corrected chi connectivity index (χ3v) is 6.54. The average Bonchev–Trinajstić information content (AvgIpc) is 2.73. The highest BCUT2D eigenvalue weighted by Gasteiger charge is 2.17. The molecular weight excluding hydrogens is 410 g/mol. The van der Waals surface area contributed by atoms with Gasteiger partial charge in [0.05, 0.1) is 10.5 Å². The molecule has 6 heteroatoms. The van der Waals surface area contributed by atoms with Crippen LogP contribution in [0.5, 0.6) is 0 Å². The number of carboxylic acids is 1. The van der Waals surface area contributed by atoms with Crippen molar-refractivity contribution in [2.24, 2.45) is 0 Å². The number of hydrogen-bond acceptors (Lipinski definition) is 3. The van der Waals surface area contributed by atoms with Gasteiger partial charge >= 0.3 is 5.97 Å². The van der Waals surface area contributed by atoms with Crippen LogP contribution in [0.1, 0.15) is 47.8 Å².